The molecule has 0 aliphatic carbocycles. The van der Waals surface area contributed by atoms with E-state index in [1.54, 1.807) is 0 Å². The molecule has 0 spiro atoms. The molecule has 8 aromatic carbocycles. The zero-order valence-electron chi connectivity index (χ0n) is 29.3. The maximum atomic E-state index is 6.86. The summed E-state index contributed by atoms with van der Waals surface area (Å²) in [6.45, 7) is 0. The molecule has 0 saturated carbocycles. The zero-order valence-corrected chi connectivity index (χ0v) is 30.9. The highest BCUT2D eigenvalue weighted by atomic mass is 32.1. The Hall–Kier alpha value is -6.60. The van der Waals surface area contributed by atoms with Crippen molar-refractivity contribution >= 4 is 107 Å². The molecule has 1 atom stereocenters. The number of aliphatic imine (C=N–C) groups is 2. The first-order chi connectivity index (χ1) is 27.2. The van der Waals surface area contributed by atoms with Gasteiger partial charge in [0.25, 0.3) is 0 Å². The summed E-state index contributed by atoms with van der Waals surface area (Å²) in [5, 5.41) is 13.2. The number of thiophene rings is 2. The first kappa shape index (κ1) is 30.8. The monoisotopic (exact) mass is 739 g/mol. The number of nitrogens with one attached hydrogen (secondary N) is 1. The van der Waals surface area contributed by atoms with Crippen LogP contribution in [0.2, 0.25) is 0 Å². The molecule has 4 nitrogen and oxygen atoms in total. The van der Waals surface area contributed by atoms with Crippen molar-refractivity contribution in [3.8, 4) is 11.1 Å². The van der Waals surface area contributed by atoms with Crippen LogP contribution in [0.15, 0.2) is 178 Å². The third-order valence-electron chi connectivity index (χ3n) is 11.0. The number of fused-ring (bicyclic) bond motifs is 10. The van der Waals surface area contributed by atoms with Crippen molar-refractivity contribution < 1.29 is 4.42 Å². The van der Waals surface area contributed by atoms with Gasteiger partial charge in [-0.05, 0) is 52.7 Å². The minimum Gasteiger partial charge on any atom is -0.455 e. The molecule has 0 radical (unpaired) electrons. The number of furan rings is 1. The molecule has 0 fully saturated rings. The van der Waals surface area contributed by atoms with Crippen molar-refractivity contribution in [1.82, 2.24) is 5.32 Å². The van der Waals surface area contributed by atoms with Gasteiger partial charge in [-0.25, -0.2) is 9.98 Å². The van der Waals surface area contributed by atoms with Crippen molar-refractivity contribution in [1.29, 1.82) is 0 Å². The molecule has 1 unspecified atom stereocenters. The maximum absolute atomic E-state index is 6.86. The van der Waals surface area contributed by atoms with Crippen LogP contribution in [0.3, 0.4) is 0 Å². The normalized spacial score (nSPS) is 14.7. The second-order valence-electron chi connectivity index (χ2n) is 14.1. The minimum absolute atomic E-state index is 0.371. The van der Waals surface area contributed by atoms with Gasteiger partial charge in [0.15, 0.2) is 5.84 Å². The lowest BCUT2D eigenvalue weighted by Gasteiger charge is -2.24. The van der Waals surface area contributed by atoms with Gasteiger partial charge in [0, 0.05) is 73.4 Å². The molecule has 0 saturated heterocycles. The second kappa shape index (κ2) is 12.0. The topological polar surface area (TPSA) is 49.9 Å². The fourth-order valence-corrected chi connectivity index (χ4v) is 10.8. The summed E-state index contributed by atoms with van der Waals surface area (Å²) in [6, 6.07) is 58.3. The number of hydrogen-bond donors (Lipinski definition) is 1. The Morgan fingerprint density at radius 3 is 1.98 bits per heavy atom. The second-order valence-corrected chi connectivity index (χ2v) is 16.2. The molecule has 12 rings (SSSR count). The summed E-state index contributed by atoms with van der Waals surface area (Å²) >= 11 is 3.66. The van der Waals surface area contributed by atoms with Gasteiger partial charge in [0.05, 0.1) is 0 Å². The van der Waals surface area contributed by atoms with Crippen molar-refractivity contribution in [2.24, 2.45) is 9.98 Å². The van der Waals surface area contributed by atoms with Crippen LogP contribution in [-0.2, 0) is 0 Å². The number of amidine groups is 2. The third-order valence-corrected chi connectivity index (χ3v) is 13.2. The molecule has 1 aliphatic heterocycles. The Morgan fingerprint density at radius 1 is 0.491 bits per heavy atom. The molecular formula is C49H29N3OS2. The molecule has 6 heteroatoms. The fourth-order valence-electron chi connectivity index (χ4n) is 8.49. The molecule has 1 N–H and O–H groups in total. The van der Waals surface area contributed by atoms with E-state index in [2.05, 4.69) is 169 Å². The Labute approximate surface area is 323 Å². The predicted octanol–water partition coefficient (Wildman–Crippen LogP) is 13.6. The van der Waals surface area contributed by atoms with Gasteiger partial charge in [0.2, 0.25) is 0 Å². The minimum atomic E-state index is -0.371. The van der Waals surface area contributed by atoms with Crippen LogP contribution in [0.4, 0.5) is 0 Å². The van der Waals surface area contributed by atoms with Gasteiger partial charge in [-0.3, -0.25) is 0 Å². The molecule has 258 valence electrons. The van der Waals surface area contributed by atoms with Gasteiger partial charge in [0.1, 0.15) is 23.2 Å². The molecule has 0 amide bonds. The van der Waals surface area contributed by atoms with Crippen LogP contribution in [0.5, 0.6) is 0 Å². The van der Waals surface area contributed by atoms with E-state index in [0.29, 0.717) is 5.84 Å². The average Bonchev–Trinajstić information content (AvgIpc) is 3.95. The standard InChI is InChI=1S/C49H29N3OS2/c1-2-12-29-27-30(26-25-28(29)11-1)47-50-48(52-49(51-47)37-19-10-24-42-45(37)34-14-4-6-22-40(34)55-42)36-18-8-20-38-43(36)35-17-7-16-32(46(35)53-38)31-15-9-23-41-44(31)33-13-3-5-21-39(33)54-41/h1-27,49H,(H,50,51,52). The Bertz CT molecular complexity index is 3440. The van der Waals surface area contributed by atoms with Gasteiger partial charge < -0.3 is 9.73 Å². The smallest absolute Gasteiger partial charge is 0.160 e. The molecule has 1 aliphatic rings. The van der Waals surface area contributed by atoms with Crippen molar-refractivity contribution in [3.05, 3.63) is 180 Å². The van der Waals surface area contributed by atoms with Crippen LogP contribution in [0.1, 0.15) is 22.9 Å². The summed E-state index contributed by atoms with van der Waals surface area (Å²) in [7, 11) is 0. The van der Waals surface area contributed by atoms with Crippen molar-refractivity contribution in [2.75, 3.05) is 0 Å². The highest BCUT2D eigenvalue weighted by Gasteiger charge is 2.26. The fraction of sp³-hybridized carbons (Fsp3) is 0.0204. The highest BCUT2D eigenvalue weighted by Crippen LogP contribution is 2.45. The maximum Gasteiger partial charge on any atom is 0.160 e. The molecular weight excluding hydrogens is 711 g/mol. The van der Waals surface area contributed by atoms with Crippen LogP contribution < -0.4 is 5.32 Å². The average molecular weight is 740 g/mol. The van der Waals surface area contributed by atoms with E-state index < -0.39 is 0 Å². The van der Waals surface area contributed by atoms with E-state index in [9.17, 15) is 0 Å². The molecule has 11 aromatic rings. The van der Waals surface area contributed by atoms with Gasteiger partial charge in [-0.2, -0.15) is 0 Å². The van der Waals surface area contributed by atoms with E-state index in [4.69, 9.17) is 14.4 Å². The summed E-state index contributed by atoms with van der Waals surface area (Å²) in [5.74, 6) is 1.46. The van der Waals surface area contributed by atoms with Crippen molar-refractivity contribution in [2.45, 2.75) is 6.17 Å². The van der Waals surface area contributed by atoms with E-state index in [1.165, 1.54) is 56.7 Å². The van der Waals surface area contributed by atoms with Gasteiger partial charge >= 0.3 is 0 Å². The number of rotatable bonds is 4. The predicted molar refractivity (Wildman–Crippen MR) is 234 cm³/mol. The van der Waals surface area contributed by atoms with Gasteiger partial charge in [-0.15, -0.1) is 22.7 Å². The first-order valence-corrected chi connectivity index (χ1v) is 20.1. The summed E-state index contributed by atoms with van der Waals surface area (Å²) in [4.78, 5) is 10.8. The quantitative estimate of drug-likeness (QED) is 0.195. The summed E-state index contributed by atoms with van der Waals surface area (Å²) < 4.78 is 11.9. The lowest BCUT2D eigenvalue weighted by atomic mass is 9.96. The number of para-hydroxylation sites is 1. The summed E-state index contributed by atoms with van der Waals surface area (Å²) in [6.07, 6.45) is -0.371. The Morgan fingerprint density at radius 2 is 1.13 bits per heavy atom. The lowest BCUT2D eigenvalue weighted by Crippen LogP contribution is -2.33. The molecule has 55 heavy (non-hydrogen) atoms. The van der Waals surface area contributed by atoms with E-state index in [1.807, 2.05) is 22.7 Å². The largest absolute Gasteiger partial charge is 0.455 e. The Balaban J connectivity index is 1.09. The van der Waals surface area contributed by atoms with Crippen LogP contribution in [0.25, 0.3) is 84.2 Å². The summed E-state index contributed by atoms with van der Waals surface area (Å²) in [5.41, 5.74) is 7.02. The SMILES string of the molecule is c1ccc2cc(C3=NC(c4cccc5oc6c(-c7cccc8sc9ccccc9c78)cccc6c45)=NC(c4cccc5sc6ccccc6c45)N3)ccc2c1. The number of benzene rings is 8. The van der Waals surface area contributed by atoms with Crippen molar-refractivity contribution in [3.63, 3.8) is 0 Å². The third kappa shape index (κ3) is 4.75. The molecule has 3 aromatic heterocycles. The lowest BCUT2D eigenvalue weighted by molar-refractivity contribution is 0.669. The Kier molecular flexibility index (Phi) is 6.70. The van der Waals surface area contributed by atoms with E-state index >= 15 is 0 Å². The van der Waals surface area contributed by atoms with Crippen LogP contribution in [-0.4, -0.2) is 11.7 Å². The van der Waals surface area contributed by atoms with Crippen LogP contribution in [0, 0.1) is 0 Å². The van der Waals surface area contributed by atoms with Gasteiger partial charge in [-0.1, -0.05) is 127 Å². The number of nitrogens with zero attached hydrogens (tertiary/aromatic N) is 2. The highest BCUT2D eigenvalue weighted by molar-refractivity contribution is 7.26. The van der Waals surface area contributed by atoms with E-state index in [0.717, 1.165) is 50.0 Å². The molecule has 0 bridgehead atoms. The first-order valence-electron chi connectivity index (χ1n) is 18.4. The van der Waals surface area contributed by atoms with Crippen LogP contribution >= 0.6 is 22.7 Å². The molecule has 4 heterocycles. The van der Waals surface area contributed by atoms with E-state index in [-0.39, 0.29) is 6.17 Å². The number of hydrogen-bond acceptors (Lipinski definition) is 6. The zero-order chi connectivity index (χ0) is 36.0.